The fraction of sp³-hybridized carbons (Fsp3) is 0.650. The number of nitrogens with two attached hydrogens (primary N) is 1. The van der Waals surface area contributed by atoms with Crippen molar-refractivity contribution >= 4 is 5.91 Å². The number of benzene rings is 1. The molecule has 0 saturated carbocycles. The van der Waals surface area contributed by atoms with Crippen LogP contribution in [0.4, 0.5) is 0 Å². The van der Waals surface area contributed by atoms with Crippen LogP contribution in [0.2, 0.25) is 0 Å². The molecule has 1 aliphatic heterocycles. The molecule has 1 aliphatic rings. The van der Waals surface area contributed by atoms with Gasteiger partial charge >= 0.3 is 0 Å². The Hall–Kier alpha value is -1.43. The monoisotopic (exact) mass is 346 g/mol. The molecule has 1 aromatic carbocycles. The lowest BCUT2D eigenvalue weighted by molar-refractivity contribution is -0.121. The molecule has 1 aromatic rings. The van der Waals surface area contributed by atoms with Crippen LogP contribution < -0.4 is 11.1 Å². The second kappa shape index (κ2) is 9.90. The van der Waals surface area contributed by atoms with E-state index in [1.54, 1.807) is 0 Å². The van der Waals surface area contributed by atoms with Gasteiger partial charge in [-0.1, -0.05) is 45.0 Å². The molecule has 1 fully saturated rings. The van der Waals surface area contributed by atoms with Gasteiger partial charge in [0.1, 0.15) is 0 Å². The molecule has 0 spiro atoms. The maximum Gasteiger partial charge on any atom is 0.221 e. The van der Waals surface area contributed by atoms with Gasteiger partial charge in [0.05, 0.1) is 0 Å². The molecule has 1 saturated heterocycles. The van der Waals surface area contributed by atoms with E-state index in [0.717, 1.165) is 44.8 Å². The molecule has 1 amide bonds. The Morgan fingerprint density at radius 1 is 1.08 bits per heavy atom. The smallest absolute Gasteiger partial charge is 0.221 e. The first-order valence-corrected chi connectivity index (χ1v) is 9.56. The van der Waals surface area contributed by atoms with E-state index in [1.807, 2.05) is 0 Å². The number of nitrogens with one attached hydrogen (secondary N) is 1. The molecule has 5 nitrogen and oxygen atoms in total. The molecule has 2 rings (SSSR count). The van der Waals surface area contributed by atoms with E-state index in [4.69, 9.17) is 5.73 Å². The largest absolute Gasteiger partial charge is 0.354 e. The van der Waals surface area contributed by atoms with Crippen molar-refractivity contribution in [2.75, 3.05) is 45.8 Å². The molecular weight excluding hydrogens is 312 g/mol. The summed E-state index contributed by atoms with van der Waals surface area (Å²) >= 11 is 0. The van der Waals surface area contributed by atoms with Gasteiger partial charge in [-0.2, -0.15) is 0 Å². The van der Waals surface area contributed by atoms with Crippen molar-refractivity contribution in [2.24, 2.45) is 5.73 Å². The summed E-state index contributed by atoms with van der Waals surface area (Å²) in [5.41, 5.74) is 8.59. The van der Waals surface area contributed by atoms with Crippen LogP contribution in [0, 0.1) is 0 Å². The summed E-state index contributed by atoms with van der Waals surface area (Å²) in [6.07, 6.45) is 0.547. The first-order chi connectivity index (χ1) is 12.0. The average Bonchev–Trinajstić information content (AvgIpc) is 2.64. The molecule has 0 bridgehead atoms. The van der Waals surface area contributed by atoms with Crippen LogP contribution in [0.15, 0.2) is 24.3 Å². The number of hydrogen-bond acceptors (Lipinski definition) is 4. The number of piperazine rings is 1. The number of carbonyl (C=O) groups excluding carboxylic acids is 1. The van der Waals surface area contributed by atoms with Gasteiger partial charge in [0, 0.05) is 51.7 Å². The van der Waals surface area contributed by atoms with E-state index < -0.39 is 0 Å². The Morgan fingerprint density at radius 2 is 1.64 bits per heavy atom. The third-order valence-electron chi connectivity index (χ3n) is 5.12. The lowest BCUT2D eigenvalue weighted by Crippen LogP contribution is -2.47. The Bertz CT molecular complexity index is 521. The summed E-state index contributed by atoms with van der Waals surface area (Å²) < 4.78 is 0. The second-order valence-electron chi connectivity index (χ2n) is 7.26. The minimum absolute atomic E-state index is 0.0900. The molecule has 140 valence electrons. The minimum Gasteiger partial charge on any atom is -0.354 e. The van der Waals surface area contributed by atoms with Crippen LogP contribution in [0.3, 0.4) is 0 Å². The first kappa shape index (κ1) is 19.9. The number of rotatable bonds is 8. The van der Waals surface area contributed by atoms with Gasteiger partial charge < -0.3 is 20.9 Å². The maximum absolute atomic E-state index is 12.1. The lowest BCUT2D eigenvalue weighted by Gasteiger charge is -2.33. The number of hydrogen-bond donors (Lipinski definition) is 2. The van der Waals surface area contributed by atoms with E-state index in [1.165, 1.54) is 5.56 Å². The van der Waals surface area contributed by atoms with Gasteiger partial charge in [0.15, 0.2) is 0 Å². The van der Waals surface area contributed by atoms with Crippen molar-refractivity contribution in [3.05, 3.63) is 35.4 Å². The highest BCUT2D eigenvalue weighted by Crippen LogP contribution is 2.17. The van der Waals surface area contributed by atoms with Crippen LogP contribution in [0.1, 0.15) is 50.3 Å². The molecule has 3 N–H and O–H groups in total. The van der Waals surface area contributed by atoms with E-state index in [9.17, 15) is 4.79 Å². The van der Waals surface area contributed by atoms with Crippen molar-refractivity contribution in [3.8, 4) is 0 Å². The maximum atomic E-state index is 12.1. The van der Waals surface area contributed by atoms with Gasteiger partial charge in [-0.3, -0.25) is 4.79 Å². The van der Waals surface area contributed by atoms with Crippen LogP contribution in [-0.2, 0) is 4.79 Å². The molecule has 0 radical (unpaired) electrons. The van der Waals surface area contributed by atoms with Gasteiger partial charge in [-0.15, -0.1) is 0 Å². The quantitative estimate of drug-likeness (QED) is 0.755. The minimum atomic E-state index is -0.154. The zero-order chi connectivity index (χ0) is 18.2. The second-order valence-corrected chi connectivity index (χ2v) is 7.26. The van der Waals surface area contributed by atoms with Gasteiger partial charge in [-0.25, -0.2) is 0 Å². The average molecular weight is 347 g/mol. The standard InChI is InChI=1S/C20H34N4O/c1-4-23-11-13-24(14-12-23)10-9-20(25)22-15-19(21)18-7-5-17(6-8-18)16(2)3/h5-8,16,19H,4,9-15,21H2,1-3H3,(H,22,25). The van der Waals surface area contributed by atoms with Gasteiger partial charge in [0.25, 0.3) is 0 Å². The molecule has 25 heavy (non-hydrogen) atoms. The predicted octanol–water partition coefficient (Wildman–Crippen LogP) is 1.95. The number of carbonyl (C=O) groups is 1. The Kier molecular flexibility index (Phi) is 7.88. The van der Waals surface area contributed by atoms with E-state index in [2.05, 4.69) is 60.2 Å². The summed E-state index contributed by atoms with van der Waals surface area (Å²) in [6, 6.07) is 8.23. The van der Waals surface area contributed by atoms with Crippen LogP contribution in [0.25, 0.3) is 0 Å². The summed E-state index contributed by atoms with van der Waals surface area (Å²) in [5, 5.41) is 2.98. The summed E-state index contributed by atoms with van der Waals surface area (Å²) in [5.74, 6) is 0.608. The third-order valence-corrected chi connectivity index (χ3v) is 5.12. The molecule has 1 atom stereocenters. The number of likely N-dealkylation sites (N-methyl/N-ethyl adjacent to an activating group) is 1. The zero-order valence-electron chi connectivity index (χ0n) is 16.0. The molecule has 1 unspecified atom stereocenters. The van der Waals surface area contributed by atoms with Crippen molar-refractivity contribution in [2.45, 2.75) is 39.2 Å². The fourth-order valence-corrected chi connectivity index (χ4v) is 3.15. The van der Waals surface area contributed by atoms with Crippen LogP contribution >= 0.6 is 0 Å². The van der Waals surface area contributed by atoms with Crippen molar-refractivity contribution in [1.29, 1.82) is 0 Å². The predicted molar refractivity (Wildman–Crippen MR) is 104 cm³/mol. The van der Waals surface area contributed by atoms with Crippen LogP contribution in [-0.4, -0.2) is 61.5 Å². The van der Waals surface area contributed by atoms with Crippen molar-refractivity contribution in [1.82, 2.24) is 15.1 Å². The molecule has 0 aliphatic carbocycles. The molecular formula is C20H34N4O. The van der Waals surface area contributed by atoms with E-state index in [0.29, 0.717) is 18.9 Å². The molecule has 5 heteroatoms. The number of nitrogens with zero attached hydrogens (tertiary/aromatic N) is 2. The van der Waals surface area contributed by atoms with Gasteiger partial charge in [-0.05, 0) is 23.6 Å². The van der Waals surface area contributed by atoms with Crippen LogP contribution in [0.5, 0.6) is 0 Å². The van der Waals surface area contributed by atoms with E-state index in [-0.39, 0.29) is 11.9 Å². The normalized spacial score (nSPS) is 17.6. The van der Waals surface area contributed by atoms with Crippen molar-refractivity contribution in [3.63, 3.8) is 0 Å². The Labute approximate surface area is 152 Å². The topological polar surface area (TPSA) is 61.6 Å². The van der Waals surface area contributed by atoms with Crippen molar-refractivity contribution < 1.29 is 4.79 Å². The highest BCUT2D eigenvalue weighted by Gasteiger charge is 2.16. The highest BCUT2D eigenvalue weighted by atomic mass is 16.1. The third kappa shape index (κ3) is 6.42. The zero-order valence-corrected chi connectivity index (χ0v) is 16.0. The molecule has 0 aromatic heterocycles. The lowest BCUT2D eigenvalue weighted by atomic mass is 9.99. The Balaban J connectivity index is 1.67. The summed E-state index contributed by atoms with van der Waals surface area (Å²) in [4.78, 5) is 16.9. The highest BCUT2D eigenvalue weighted by molar-refractivity contribution is 5.76. The van der Waals surface area contributed by atoms with Gasteiger partial charge in [0.2, 0.25) is 5.91 Å². The summed E-state index contributed by atoms with van der Waals surface area (Å²) in [7, 11) is 0. The fourth-order valence-electron chi connectivity index (χ4n) is 3.15. The molecule has 1 heterocycles. The summed E-state index contributed by atoms with van der Waals surface area (Å²) in [6.45, 7) is 13.3. The Morgan fingerprint density at radius 3 is 2.20 bits per heavy atom. The SMILES string of the molecule is CCN1CCN(CCC(=O)NCC(N)c2ccc(C(C)C)cc2)CC1. The van der Waals surface area contributed by atoms with E-state index >= 15 is 0 Å². The number of amides is 1. The first-order valence-electron chi connectivity index (χ1n) is 9.56.